The normalized spacial score (nSPS) is 10.6. The van der Waals surface area contributed by atoms with Gasteiger partial charge in [-0.25, -0.2) is 10.5 Å². The number of nitrogens with one attached hydrogen (secondary N) is 3. The number of amides is 2. The molecule has 0 aliphatic carbocycles. The summed E-state index contributed by atoms with van der Waals surface area (Å²) in [6.45, 7) is 0. The molecule has 2 rings (SSSR count). The molecule has 1 aromatic heterocycles. The van der Waals surface area contributed by atoms with Crippen LogP contribution in [-0.4, -0.2) is 27.0 Å². The molecule has 1 aromatic carbocycles. The lowest BCUT2D eigenvalue weighted by Crippen LogP contribution is -2.17. The molecular formula is C15H20N4O3. The van der Waals surface area contributed by atoms with Crippen molar-refractivity contribution in [1.29, 1.82) is 0 Å². The molecule has 4 N–H and O–H groups in total. The Kier molecular flexibility index (Phi) is 5.91. The highest BCUT2D eigenvalue weighted by Crippen LogP contribution is 2.14. The molecule has 0 spiro atoms. The van der Waals surface area contributed by atoms with Crippen molar-refractivity contribution in [3.8, 4) is 0 Å². The lowest BCUT2D eigenvalue weighted by molar-refractivity contribution is -0.129. The van der Waals surface area contributed by atoms with Gasteiger partial charge in [0, 0.05) is 12.8 Å². The van der Waals surface area contributed by atoms with Crippen molar-refractivity contribution in [3.63, 3.8) is 0 Å². The highest BCUT2D eigenvalue weighted by atomic mass is 16.5. The van der Waals surface area contributed by atoms with Crippen molar-refractivity contribution in [2.75, 3.05) is 5.32 Å². The maximum Gasteiger partial charge on any atom is 0.243 e. The largest absolute Gasteiger partial charge is 0.324 e. The van der Waals surface area contributed by atoms with Gasteiger partial charge in [0.25, 0.3) is 0 Å². The molecule has 0 fully saturated rings. The van der Waals surface area contributed by atoms with Crippen LogP contribution in [0.2, 0.25) is 0 Å². The molecule has 2 amide bonds. The van der Waals surface area contributed by atoms with Gasteiger partial charge < -0.3 is 4.98 Å². The third-order valence-corrected chi connectivity index (χ3v) is 3.33. The van der Waals surface area contributed by atoms with Gasteiger partial charge >= 0.3 is 0 Å². The standard InChI is InChI=1S/C15H20N4O3/c20-13(9-3-1-2-4-10-14(21)19-22)18-15-16-11-7-5-6-8-12(11)17-15/h5-8,22H,1-4,9-10H2,(H,19,21)(H2,16,17,18,20). The van der Waals surface area contributed by atoms with Gasteiger partial charge in [-0.3, -0.25) is 20.1 Å². The van der Waals surface area contributed by atoms with E-state index in [4.69, 9.17) is 5.21 Å². The van der Waals surface area contributed by atoms with Gasteiger partial charge in [0.15, 0.2) is 0 Å². The van der Waals surface area contributed by atoms with Gasteiger partial charge in [0.05, 0.1) is 11.0 Å². The van der Waals surface area contributed by atoms with E-state index >= 15 is 0 Å². The fraction of sp³-hybridized carbons (Fsp3) is 0.400. The van der Waals surface area contributed by atoms with E-state index in [0.717, 1.165) is 30.3 Å². The van der Waals surface area contributed by atoms with Crippen LogP contribution in [0.3, 0.4) is 0 Å². The second kappa shape index (κ2) is 8.14. The summed E-state index contributed by atoms with van der Waals surface area (Å²) in [7, 11) is 0. The van der Waals surface area contributed by atoms with Crippen LogP contribution in [0.15, 0.2) is 24.3 Å². The summed E-state index contributed by atoms with van der Waals surface area (Å²) >= 11 is 0. The summed E-state index contributed by atoms with van der Waals surface area (Å²) in [4.78, 5) is 29.9. The first-order valence-electron chi connectivity index (χ1n) is 7.36. The Bertz CT molecular complexity index is 606. The third kappa shape index (κ3) is 4.85. The number of hydrogen-bond donors (Lipinski definition) is 4. The van der Waals surface area contributed by atoms with Crippen molar-refractivity contribution in [2.24, 2.45) is 0 Å². The number of rotatable bonds is 8. The number of unbranched alkanes of at least 4 members (excludes halogenated alkanes) is 3. The predicted molar refractivity (Wildman–Crippen MR) is 82.4 cm³/mol. The highest BCUT2D eigenvalue weighted by Gasteiger charge is 2.06. The van der Waals surface area contributed by atoms with E-state index in [1.165, 1.54) is 0 Å². The van der Waals surface area contributed by atoms with Gasteiger partial charge in [-0.2, -0.15) is 0 Å². The number of hydrogen-bond acceptors (Lipinski definition) is 4. The van der Waals surface area contributed by atoms with E-state index in [9.17, 15) is 9.59 Å². The molecule has 0 bridgehead atoms. The molecule has 22 heavy (non-hydrogen) atoms. The first-order chi connectivity index (χ1) is 10.7. The predicted octanol–water partition coefficient (Wildman–Crippen LogP) is 2.35. The number of fused-ring (bicyclic) bond motifs is 1. The van der Waals surface area contributed by atoms with E-state index in [1.807, 2.05) is 24.3 Å². The second-order valence-corrected chi connectivity index (χ2v) is 5.10. The van der Waals surface area contributed by atoms with Crippen molar-refractivity contribution < 1.29 is 14.8 Å². The average molecular weight is 304 g/mol. The maximum atomic E-state index is 11.8. The first kappa shape index (κ1) is 16.0. The topological polar surface area (TPSA) is 107 Å². The van der Waals surface area contributed by atoms with E-state index < -0.39 is 0 Å². The molecule has 7 heteroatoms. The number of carbonyl (C=O) groups is 2. The lowest BCUT2D eigenvalue weighted by Gasteiger charge is -2.02. The molecule has 7 nitrogen and oxygen atoms in total. The van der Waals surface area contributed by atoms with Gasteiger partial charge in [-0.05, 0) is 25.0 Å². The Hall–Kier alpha value is -2.41. The van der Waals surface area contributed by atoms with E-state index in [0.29, 0.717) is 25.2 Å². The average Bonchev–Trinajstić information content (AvgIpc) is 2.92. The Labute approximate surface area is 128 Å². The Morgan fingerprint density at radius 1 is 1.05 bits per heavy atom. The highest BCUT2D eigenvalue weighted by molar-refractivity contribution is 5.90. The van der Waals surface area contributed by atoms with Crippen molar-refractivity contribution >= 4 is 28.8 Å². The number of hydroxylamine groups is 1. The number of para-hydroxylation sites is 2. The zero-order valence-electron chi connectivity index (χ0n) is 12.3. The van der Waals surface area contributed by atoms with E-state index in [-0.39, 0.29) is 11.8 Å². The van der Waals surface area contributed by atoms with Crippen molar-refractivity contribution in [3.05, 3.63) is 24.3 Å². The zero-order chi connectivity index (χ0) is 15.8. The summed E-state index contributed by atoms with van der Waals surface area (Å²) in [5.74, 6) is 0.0144. The van der Waals surface area contributed by atoms with Gasteiger partial charge in [-0.15, -0.1) is 0 Å². The quantitative estimate of drug-likeness (QED) is 0.341. The van der Waals surface area contributed by atoms with Crippen LogP contribution in [0.4, 0.5) is 5.95 Å². The van der Waals surface area contributed by atoms with Gasteiger partial charge in [-0.1, -0.05) is 25.0 Å². The first-order valence-corrected chi connectivity index (χ1v) is 7.36. The molecule has 0 radical (unpaired) electrons. The fourth-order valence-corrected chi connectivity index (χ4v) is 2.19. The smallest absolute Gasteiger partial charge is 0.243 e. The van der Waals surface area contributed by atoms with E-state index in [2.05, 4.69) is 15.3 Å². The lowest BCUT2D eigenvalue weighted by atomic mass is 10.1. The summed E-state index contributed by atoms with van der Waals surface area (Å²) in [5, 5.41) is 11.1. The van der Waals surface area contributed by atoms with Crippen LogP contribution < -0.4 is 10.8 Å². The Morgan fingerprint density at radius 3 is 2.41 bits per heavy atom. The number of aromatic amines is 1. The molecule has 0 aliphatic rings. The summed E-state index contributed by atoms with van der Waals surface area (Å²) in [6, 6.07) is 7.58. The minimum atomic E-state index is -0.373. The summed E-state index contributed by atoms with van der Waals surface area (Å²) in [5.41, 5.74) is 3.31. The minimum Gasteiger partial charge on any atom is -0.324 e. The molecule has 0 saturated carbocycles. The van der Waals surface area contributed by atoms with Crippen LogP contribution in [0.1, 0.15) is 38.5 Å². The molecule has 0 atom stereocenters. The number of imidazole rings is 1. The maximum absolute atomic E-state index is 11.8. The van der Waals surface area contributed by atoms with Crippen molar-refractivity contribution in [2.45, 2.75) is 38.5 Å². The number of aromatic nitrogens is 2. The second-order valence-electron chi connectivity index (χ2n) is 5.10. The van der Waals surface area contributed by atoms with E-state index in [1.54, 1.807) is 5.48 Å². The fourth-order valence-electron chi connectivity index (χ4n) is 2.19. The molecule has 118 valence electrons. The van der Waals surface area contributed by atoms with Crippen LogP contribution in [0.5, 0.6) is 0 Å². The monoisotopic (exact) mass is 304 g/mol. The molecular weight excluding hydrogens is 284 g/mol. The SMILES string of the molecule is O=C(CCCCCCC(=O)Nc1nc2ccccc2[nH]1)NO. The number of H-pyrrole nitrogens is 1. The summed E-state index contributed by atoms with van der Waals surface area (Å²) < 4.78 is 0. The zero-order valence-corrected chi connectivity index (χ0v) is 12.3. The molecule has 0 saturated heterocycles. The Morgan fingerprint density at radius 2 is 1.73 bits per heavy atom. The number of carbonyl (C=O) groups excluding carboxylic acids is 2. The number of nitrogens with zero attached hydrogens (tertiary/aromatic N) is 1. The van der Waals surface area contributed by atoms with Crippen molar-refractivity contribution in [1.82, 2.24) is 15.4 Å². The number of benzene rings is 1. The van der Waals surface area contributed by atoms with Crippen LogP contribution >= 0.6 is 0 Å². The molecule has 2 aromatic rings. The molecule has 0 aliphatic heterocycles. The van der Waals surface area contributed by atoms with Gasteiger partial charge in [0.1, 0.15) is 0 Å². The van der Waals surface area contributed by atoms with Crippen LogP contribution in [-0.2, 0) is 9.59 Å². The minimum absolute atomic E-state index is 0.0767. The van der Waals surface area contributed by atoms with Crippen LogP contribution in [0.25, 0.3) is 11.0 Å². The third-order valence-electron chi connectivity index (χ3n) is 3.33. The summed E-state index contributed by atoms with van der Waals surface area (Å²) in [6.07, 6.45) is 3.91. The van der Waals surface area contributed by atoms with Gasteiger partial charge in [0.2, 0.25) is 17.8 Å². The molecule has 1 heterocycles. The molecule has 0 unspecified atom stereocenters. The number of anilines is 1. The Balaban J connectivity index is 1.64. The van der Waals surface area contributed by atoms with Crippen LogP contribution in [0, 0.1) is 0 Å².